The molecule has 0 bridgehead atoms. The van der Waals surface area contributed by atoms with E-state index in [1.807, 2.05) is 6.92 Å². The van der Waals surface area contributed by atoms with Crippen LogP contribution >= 0.6 is 0 Å². The van der Waals surface area contributed by atoms with Gasteiger partial charge in [0.15, 0.2) is 6.29 Å². The van der Waals surface area contributed by atoms with E-state index in [0.29, 0.717) is 18.4 Å². The molecule has 0 unspecified atom stereocenters. The van der Waals surface area contributed by atoms with Crippen LogP contribution in [0.5, 0.6) is 0 Å². The SMILES string of the molecule is C=C(C)[C@@H](CC(OC)OC)C[C@H](OC(C)=O)/C(C)=C/C(=O)OC. The van der Waals surface area contributed by atoms with Gasteiger partial charge in [0.05, 0.1) is 7.11 Å². The molecule has 2 atom stereocenters. The van der Waals surface area contributed by atoms with E-state index < -0.39 is 18.0 Å². The minimum atomic E-state index is -0.539. The van der Waals surface area contributed by atoms with Crippen molar-refractivity contribution in [2.24, 2.45) is 5.92 Å². The average Bonchev–Trinajstić information content (AvgIpc) is 2.49. The van der Waals surface area contributed by atoms with Crippen LogP contribution in [0.25, 0.3) is 0 Å². The molecule has 6 nitrogen and oxygen atoms in total. The first kappa shape index (κ1) is 21.3. The third-order valence-corrected chi connectivity index (χ3v) is 3.56. The number of methoxy groups -OCH3 is 3. The van der Waals surface area contributed by atoms with Crippen molar-refractivity contribution >= 4 is 11.9 Å². The lowest BCUT2D eigenvalue weighted by atomic mass is 9.89. The number of carbonyl (C=O) groups is 2. The van der Waals surface area contributed by atoms with Gasteiger partial charge < -0.3 is 18.9 Å². The number of rotatable bonds is 10. The minimum absolute atomic E-state index is 0.00486. The first-order valence-electron chi connectivity index (χ1n) is 7.39. The molecule has 0 heterocycles. The van der Waals surface area contributed by atoms with Crippen LogP contribution in [0.2, 0.25) is 0 Å². The molecule has 23 heavy (non-hydrogen) atoms. The van der Waals surface area contributed by atoms with E-state index in [-0.39, 0.29) is 12.2 Å². The zero-order valence-corrected chi connectivity index (χ0v) is 14.9. The first-order chi connectivity index (χ1) is 10.7. The Bertz CT molecular complexity index is 436. The Labute approximate surface area is 138 Å². The molecule has 0 N–H and O–H groups in total. The summed E-state index contributed by atoms with van der Waals surface area (Å²) in [5.41, 5.74) is 1.54. The van der Waals surface area contributed by atoms with Gasteiger partial charge in [-0.1, -0.05) is 12.2 Å². The Morgan fingerprint density at radius 2 is 1.61 bits per heavy atom. The van der Waals surface area contributed by atoms with Crippen molar-refractivity contribution in [2.75, 3.05) is 21.3 Å². The van der Waals surface area contributed by atoms with Gasteiger partial charge in [-0.2, -0.15) is 0 Å². The van der Waals surface area contributed by atoms with Gasteiger partial charge in [-0.15, -0.1) is 0 Å². The van der Waals surface area contributed by atoms with Crippen LogP contribution in [0.3, 0.4) is 0 Å². The van der Waals surface area contributed by atoms with Crippen molar-refractivity contribution in [2.45, 2.75) is 46.0 Å². The van der Waals surface area contributed by atoms with Crippen LogP contribution in [0.1, 0.15) is 33.6 Å². The second kappa shape index (κ2) is 11.0. The molecule has 0 aliphatic carbocycles. The largest absolute Gasteiger partial charge is 0.466 e. The van der Waals surface area contributed by atoms with Gasteiger partial charge in [0.1, 0.15) is 6.10 Å². The minimum Gasteiger partial charge on any atom is -0.466 e. The summed E-state index contributed by atoms with van der Waals surface area (Å²) < 4.78 is 20.4. The molecule has 132 valence electrons. The van der Waals surface area contributed by atoms with E-state index in [2.05, 4.69) is 11.3 Å². The van der Waals surface area contributed by atoms with Crippen LogP contribution in [-0.2, 0) is 28.5 Å². The second-order valence-electron chi connectivity index (χ2n) is 5.43. The van der Waals surface area contributed by atoms with Gasteiger partial charge >= 0.3 is 11.9 Å². The van der Waals surface area contributed by atoms with Crippen molar-refractivity contribution in [3.63, 3.8) is 0 Å². The average molecular weight is 328 g/mol. The van der Waals surface area contributed by atoms with Crippen LogP contribution in [-0.4, -0.2) is 45.7 Å². The van der Waals surface area contributed by atoms with Gasteiger partial charge in [0.2, 0.25) is 0 Å². The van der Waals surface area contributed by atoms with Gasteiger partial charge in [0, 0.05) is 33.6 Å². The standard InChI is InChI=1S/C17H28O6/c1-11(2)14(10-17(21-6)22-7)9-15(23-13(4)18)12(3)8-16(19)20-5/h8,14-15,17H,1,9-10H2,2-7H3/b12-8+/t14-,15+/m1/s1. The zero-order chi connectivity index (χ0) is 18.0. The number of allylic oxidation sites excluding steroid dienone is 1. The Morgan fingerprint density at radius 1 is 1.04 bits per heavy atom. The zero-order valence-electron chi connectivity index (χ0n) is 14.9. The Morgan fingerprint density at radius 3 is 2.00 bits per heavy atom. The van der Waals surface area contributed by atoms with Crippen LogP contribution in [0.4, 0.5) is 0 Å². The predicted molar refractivity (Wildman–Crippen MR) is 86.7 cm³/mol. The molecule has 0 radical (unpaired) electrons. The summed E-state index contributed by atoms with van der Waals surface area (Å²) in [6.45, 7) is 8.94. The maximum Gasteiger partial charge on any atom is 0.330 e. The van der Waals surface area contributed by atoms with E-state index in [9.17, 15) is 9.59 Å². The van der Waals surface area contributed by atoms with Crippen molar-refractivity contribution in [3.05, 3.63) is 23.8 Å². The van der Waals surface area contributed by atoms with Crippen LogP contribution < -0.4 is 0 Å². The highest BCUT2D eigenvalue weighted by Crippen LogP contribution is 2.26. The maximum atomic E-state index is 11.4. The molecule has 0 aliphatic rings. The van der Waals surface area contributed by atoms with Crippen LogP contribution in [0.15, 0.2) is 23.8 Å². The fourth-order valence-corrected chi connectivity index (χ4v) is 2.14. The third kappa shape index (κ3) is 8.52. The van der Waals surface area contributed by atoms with Gasteiger partial charge in [-0.3, -0.25) is 4.79 Å². The fraction of sp³-hybridized carbons (Fsp3) is 0.647. The summed E-state index contributed by atoms with van der Waals surface area (Å²) in [6, 6.07) is 0. The molecule has 0 rings (SSSR count). The number of hydrogen-bond donors (Lipinski definition) is 0. The molecule has 0 saturated carbocycles. The highest BCUT2D eigenvalue weighted by Gasteiger charge is 2.24. The molecule has 0 aliphatic heterocycles. The maximum absolute atomic E-state index is 11.4. The molecule has 6 heteroatoms. The Balaban J connectivity index is 5.21. The molecule has 0 aromatic carbocycles. The third-order valence-electron chi connectivity index (χ3n) is 3.56. The van der Waals surface area contributed by atoms with Gasteiger partial charge in [-0.25, -0.2) is 4.79 Å². The molecular formula is C17H28O6. The Hall–Kier alpha value is -1.66. The van der Waals surface area contributed by atoms with E-state index in [0.717, 1.165) is 5.57 Å². The highest BCUT2D eigenvalue weighted by molar-refractivity contribution is 5.82. The first-order valence-corrected chi connectivity index (χ1v) is 7.39. The molecular weight excluding hydrogens is 300 g/mol. The molecule has 0 spiro atoms. The summed E-state index contributed by atoms with van der Waals surface area (Å²) in [7, 11) is 4.43. The van der Waals surface area contributed by atoms with Crippen molar-refractivity contribution in [1.82, 2.24) is 0 Å². The lowest BCUT2D eigenvalue weighted by Gasteiger charge is -2.26. The van der Waals surface area contributed by atoms with Gasteiger partial charge in [-0.05, 0) is 31.8 Å². The smallest absolute Gasteiger partial charge is 0.330 e. The van der Waals surface area contributed by atoms with Crippen molar-refractivity contribution in [3.8, 4) is 0 Å². The van der Waals surface area contributed by atoms with Crippen LogP contribution in [0, 0.1) is 5.92 Å². The number of esters is 2. The molecule has 0 aromatic rings. The Kier molecular flexibility index (Phi) is 10.2. The van der Waals surface area contributed by atoms with Gasteiger partial charge in [0.25, 0.3) is 0 Å². The fourth-order valence-electron chi connectivity index (χ4n) is 2.14. The number of ether oxygens (including phenoxy) is 4. The van der Waals surface area contributed by atoms with Crippen molar-refractivity contribution < 1.29 is 28.5 Å². The number of hydrogen-bond acceptors (Lipinski definition) is 6. The molecule has 0 aromatic heterocycles. The highest BCUT2D eigenvalue weighted by atomic mass is 16.7. The summed E-state index contributed by atoms with van der Waals surface area (Å²) in [4.78, 5) is 22.8. The number of carbonyl (C=O) groups excluding carboxylic acids is 2. The van der Waals surface area contributed by atoms with E-state index in [1.54, 1.807) is 21.1 Å². The molecule has 0 saturated heterocycles. The molecule has 0 amide bonds. The lowest BCUT2D eigenvalue weighted by molar-refractivity contribution is -0.146. The quantitative estimate of drug-likeness (QED) is 0.266. The normalized spacial score (nSPS) is 14.3. The monoisotopic (exact) mass is 328 g/mol. The summed E-state index contributed by atoms with van der Waals surface area (Å²) >= 11 is 0. The van der Waals surface area contributed by atoms with E-state index in [4.69, 9.17) is 14.2 Å². The summed E-state index contributed by atoms with van der Waals surface area (Å²) in [5, 5.41) is 0. The lowest BCUT2D eigenvalue weighted by Crippen LogP contribution is -2.26. The second-order valence-corrected chi connectivity index (χ2v) is 5.43. The summed E-state index contributed by atoms with van der Waals surface area (Å²) in [5.74, 6) is -0.897. The topological polar surface area (TPSA) is 71.1 Å². The molecule has 0 fully saturated rings. The van der Waals surface area contributed by atoms with Crippen molar-refractivity contribution in [1.29, 1.82) is 0 Å². The predicted octanol–water partition coefficient (Wildman–Crippen LogP) is 2.63. The summed E-state index contributed by atoms with van der Waals surface area (Å²) in [6.07, 6.45) is 1.47. The van der Waals surface area contributed by atoms with E-state index >= 15 is 0 Å². The van der Waals surface area contributed by atoms with E-state index in [1.165, 1.54) is 20.1 Å².